The smallest absolute Gasteiger partial charge is 0.269 e. The van der Waals surface area contributed by atoms with E-state index in [0.29, 0.717) is 11.0 Å². The summed E-state index contributed by atoms with van der Waals surface area (Å²) in [4.78, 5) is 14.4. The normalized spacial score (nSPS) is 16.0. The van der Waals surface area contributed by atoms with Crippen molar-refractivity contribution in [2.75, 3.05) is 17.8 Å². The summed E-state index contributed by atoms with van der Waals surface area (Å²) in [7, 11) is -3.81. The molecule has 0 atom stereocenters. The molecule has 128 valence electrons. The van der Waals surface area contributed by atoms with Gasteiger partial charge in [0.05, 0.1) is 15.5 Å². The van der Waals surface area contributed by atoms with Crippen molar-refractivity contribution in [1.82, 2.24) is 10.3 Å². The molecule has 0 saturated carbocycles. The van der Waals surface area contributed by atoms with E-state index in [1.54, 1.807) is 0 Å². The first kappa shape index (κ1) is 16.8. The van der Waals surface area contributed by atoms with E-state index in [0.717, 1.165) is 43.8 Å². The van der Waals surface area contributed by atoms with Gasteiger partial charge in [0.2, 0.25) is 0 Å². The number of sulfonamides is 1. The maximum absolute atomic E-state index is 12.3. The van der Waals surface area contributed by atoms with E-state index in [-0.39, 0.29) is 10.6 Å². The lowest BCUT2D eigenvalue weighted by molar-refractivity contribution is -0.384. The molecular formula is C14H16N4O4S2. The molecule has 8 nitrogen and oxygen atoms in total. The summed E-state index contributed by atoms with van der Waals surface area (Å²) in [5, 5.41) is 16.1. The molecule has 0 bridgehead atoms. The highest BCUT2D eigenvalue weighted by molar-refractivity contribution is 7.93. The molecule has 1 aliphatic rings. The van der Waals surface area contributed by atoms with E-state index in [1.807, 2.05) is 5.38 Å². The number of nitrogens with zero attached hydrogens (tertiary/aromatic N) is 2. The number of nitro benzene ring substituents is 1. The maximum Gasteiger partial charge on any atom is 0.269 e. The van der Waals surface area contributed by atoms with Crippen molar-refractivity contribution in [3.05, 3.63) is 45.5 Å². The summed E-state index contributed by atoms with van der Waals surface area (Å²) in [6, 6.07) is 4.75. The third-order valence-electron chi connectivity index (χ3n) is 3.86. The zero-order valence-electron chi connectivity index (χ0n) is 12.6. The molecule has 0 unspecified atom stereocenters. The van der Waals surface area contributed by atoms with Crippen molar-refractivity contribution in [2.45, 2.75) is 23.7 Å². The van der Waals surface area contributed by atoms with Gasteiger partial charge in [-0.2, -0.15) is 0 Å². The van der Waals surface area contributed by atoms with Crippen LogP contribution in [0.4, 0.5) is 10.8 Å². The first-order chi connectivity index (χ1) is 11.5. The van der Waals surface area contributed by atoms with Crippen molar-refractivity contribution >= 4 is 32.2 Å². The Morgan fingerprint density at radius 3 is 2.54 bits per heavy atom. The number of aromatic nitrogens is 1. The van der Waals surface area contributed by atoms with Crippen LogP contribution in [0.2, 0.25) is 0 Å². The molecule has 0 amide bonds. The van der Waals surface area contributed by atoms with Crippen molar-refractivity contribution in [2.24, 2.45) is 0 Å². The van der Waals surface area contributed by atoms with Crippen LogP contribution in [0.1, 0.15) is 24.5 Å². The number of rotatable bonds is 5. The second-order valence-electron chi connectivity index (χ2n) is 5.46. The molecule has 0 radical (unpaired) electrons. The summed E-state index contributed by atoms with van der Waals surface area (Å²) >= 11 is 1.24. The Bertz CT molecular complexity index is 827. The van der Waals surface area contributed by atoms with Gasteiger partial charge in [0.1, 0.15) is 0 Å². The topological polar surface area (TPSA) is 114 Å². The van der Waals surface area contributed by atoms with Crippen molar-refractivity contribution in [1.29, 1.82) is 0 Å². The Labute approximate surface area is 143 Å². The first-order valence-corrected chi connectivity index (χ1v) is 9.75. The van der Waals surface area contributed by atoms with E-state index in [4.69, 9.17) is 0 Å². The molecule has 3 rings (SSSR count). The summed E-state index contributed by atoms with van der Waals surface area (Å²) in [6.45, 7) is 1.87. The fourth-order valence-corrected chi connectivity index (χ4v) is 4.60. The van der Waals surface area contributed by atoms with Gasteiger partial charge in [-0.05, 0) is 38.1 Å². The van der Waals surface area contributed by atoms with Crippen LogP contribution in [0, 0.1) is 10.1 Å². The average molecular weight is 368 g/mol. The van der Waals surface area contributed by atoms with Crippen LogP contribution >= 0.6 is 11.3 Å². The van der Waals surface area contributed by atoms with Crippen molar-refractivity contribution < 1.29 is 13.3 Å². The number of hydrogen-bond donors (Lipinski definition) is 2. The molecular weight excluding hydrogens is 352 g/mol. The van der Waals surface area contributed by atoms with Crippen LogP contribution in [0.5, 0.6) is 0 Å². The summed E-state index contributed by atoms with van der Waals surface area (Å²) in [5.41, 5.74) is 0.749. The quantitative estimate of drug-likeness (QED) is 0.618. The van der Waals surface area contributed by atoms with Crippen LogP contribution in [0.3, 0.4) is 0 Å². The summed E-state index contributed by atoms with van der Waals surface area (Å²) < 4.78 is 27.1. The highest BCUT2D eigenvalue weighted by Crippen LogP contribution is 2.29. The number of benzene rings is 1. The van der Waals surface area contributed by atoms with Gasteiger partial charge in [0.25, 0.3) is 15.7 Å². The molecule has 1 aromatic heterocycles. The Hall–Kier alpha value is -2.04. The predicted octanol–water partition coefficient (Wildman–Crippen LogP) is 2.32. The number of hydrogen-bond acceptors (Lipinski definition) is 7. The third-order valence-corrected chi connectivity index (χ3v) is 6.12. The average Bonchev–Trinajstić information content (AvgIpc) is 3.03. The van der Waals surface area contributed by atoms with E-state index in [2.05, 4.69) is 15.0 Å². The van der Waals surface area contributed by atoms with Crippen LogP contribution in [-0.4, -0.2) is 31.4 Å². The number of nitro groups is 1. The van der Waals surface area contributed by atoms with Crippen LogP contribution in [-0.2, 0) is 10.0 Å². The van der Waals surface area contributed by atoms with Crippen molar-refractivity contribution in [3.8, 4) is 0 Å². The molecule has 0 aliphatic carbocycles. The SMILES string of the molecule is O=[N+]([O-])c1ccc(S(=O)(=O)Nc2nc(C3CCNCC3)cs2)cc1. The van der Waals surface area contributed by atoms with E-state index < -0.39 is 14.9 Å². The monoisotopic (exact) mass is 368 g/mol. The molecule has 0 spiro atoms. The van der Waals surface area contributed by atoms with Crippen LogP contribution in [0.25, 0.3) is 0 Å². The predicted molar refractivity (Wildman–Crippen MR) is 90.9 cm³/mol. The minimum absolute atomic E-state index is 0.0354. The third kappa shape index (κ3) is 3.71. The molecule has 1 aromatic carbocycles. The van der Waals surface area contributed by atoms with Gasteiger partial charge in [-0.3, -0.25) is 14.8 Å². The Kier molecular flexibility index (Phi) is 4.78. The lowest BCUT2D eigenvalue weighted by Gasteiger charge is -2.20. The molecule has 2 aromatic rings. The molecule has 2 N–H and O–H groups in total. The van der Waals surface area contributed by atoms with Gasteiger partial charge in [-0.15, -0.1) is 11.3 Å². The van der Waals surface area contributed by atoms with Gasteiger partial charge in [-0.1, -0.05) is 0 Å². The minimum atomic E-state index is -3.81. The number of piperidine rings is 1. The second-order valence-corrected chi connectivity index (χ2v) is 8.00. The molecule has 2 heterocycles. The highest BCUT2D eigenvalue weighted by Gasteiger charge is 2.21. The van der Waals surface area contributed by atoms with Crippen molar-refractivity contribution in [3.63, 3.8) is 0 Å². The molecule has 1 saturated heterocycles. The number of thiazole rings is 1. The first-order valence-electron chi connectivity index (χ1n) is 7.39. The molecule has 10 heteroatoms. The van der Waals surface area contributed by atoms with Crippen LogP contribution < -0.4 is 10.0 Å². The Morgan fingerprint density at radius 1 is 1.25 bits per heavy atom. The molecule has 1 aliphatic heterocycles. The maximum atomic E-state index is 12.3. The zero-order chi connectivity index (χ0) is 17.2. The van der Waals surface area contributed by atoms with E-state index >= 15 is 0 Å². The summed E-state index contributed by atoms with van der Waals surface area (Å²) in [5.74, 6) is 0.347. The Morgan fingerprint density at radius 2 is 1.92 bits per heavy atom. The second kappa shape index (κ2) is 6.83. The minimum Gasteiger partial charge on any atom is -0.317 e. The van der Waals surface area contributed by atoms with Crippen LogP contribution in [0.15, 0.2) is 34.5 Å². The Balaban J connectivity index is 1.74. The van der Waals surface area contributed by atoms with Gasteiger partial charge in [0.15, 0.2) is 5.13 Å². The summed E-state index contributed by atoms with van der Waals surface area (Å²) in [6.07, 6.45) is 1.97. The number of non-ortho nitro benzene ring substituents is 1. The lowest BCUT2D eigenvalue weighted by Crippen LogP contribution is -2.26. The van der Waals surface area contributed by atoms with E-state index in [1.165, 1.54) is 23.5 Å². The molecule has 24 heavy (non-hydrogen) atoms. The zero-order valence-corrected chi connectivity index (χ0v) is 14.3. The lowest BCUT2D eigenvalue weighted by atomic mass is 9.96. The van der Waals surface area contributed by atoms with E-state index in [9.17, 15) is 18.5 Å². The number of anilines is 1. The standard InChI is InChI=1S/C14H16N4O4S2/c19-18(20)11-1-3-12(4-2-11)24(21,22)17-14-16-13(9-23-14)10-5-7-15-8-6-10/h1-4,9-10,15H,5-8H2,(H,16,17). The largest absolute Gasteiger partial charge is 0.317 e. The highest BCUT2D eigenvalue weighted by atomic mass is 32.2. The fourth-order valence-electron chi connectivity index (χ4n) is 2.56. The van der Waals surface area contributed by atoms with Gasteiger partial charge >= 0.3 is 0 Å². The van der Waals surface area contributed by atoms with Gasteiger partial charge in [-0.25, -0.2) is 13.4 Å². The molecule has 1 fully saturated rings. The fraction of sp³-hybridized carbons (Fsp3) is 0.357. The number of nitrogens with one attached hydrogen (secondary N) is 2. The van der Waals surface area contributed by atoms with Gasteiger partial charge < -0.3 is 5.32 Å². The van der Waals surface area contributed by atoms with Gasteiger partial charge in [0, 0.05) is 23.4 Å².